The van der Waals surface area contributed by atoms with Crippen molar-refractivity contribution in [2.45, 2.75) is 19.3 Å². The molecule has 244 valence electrons. The summed E-state index contributed by atoms with van der Waals surface area (Å²) in [5.74, 6) is 0. The third kappa shape index (κ3) is 4.45. The summed E-state index contributed by atoms with van der Waals surface area (Å²) in [6, 6.07) is 58.8. The van der Waals surface area contributed by atoms with Crippen molar-refractivity contribution in [2.24, 2.45) is 0 Å². The maximum atomic E-state index is 3.75. The summed E-state index contributed by atoms with van der Waals surface area (Å²) in [7, 11) is 0. The first-order valence-corrected chi connectivity index (χ1v) is 18.9. The molecular formula is C49H32N2S. The van der Waals surface area contributed by atoms with Crippen LogP contribution in [-0.2, 0) is 6.42 Å². The van der Waals surface area contributed by atoms with Crippen LogP contribution in [0, 0.1) is 12.1 Å². The number of fused-ring (bicyclic) bond motifs is 9. The highest BCUT2D eigenvalue weighted by Gasteiger charge is 2.27. The Morgan fingerprint density at radius 2 is 1.42 bits per heavy atom. The quantitative estimate of drug-likeness (QED) is 0.176. The highest BCUT2D eigenvalue weighted by atomic mass is 32.1. The van der Waals surface area contributed by atoms with Gasteiger partial charge in [0.1, 0.15) is 5.52 Å². The molecule has 2 nitrogen and oxygen atoms in total. The van der Waals surface area contributed by atoms with Crippen molar-refractivity contribution in [3.8, 4) is 22.3 Å². The molecule has 0 amide bonds. The third-order valence-electron chi connectivity index (χ3n) is 10.9. The van der Waals surface area contributed by atoms with E-state index in [1.807, 2.05) is 11.3 Å². The summed E-state index contributed by atoms with van der Waals surface area (Å²) in [4.78, 5) is 2.46. The van der Waals surface area contributed by atoms with E-state index in [4.69, 9.17) is 0 Å². The molecule has 7 aromatic carbocycles. The number of anilines is 3. The van der Waals surface area contributed by atoms with Crippen LogP contribution in [0.1, 0.15) is 24.0 Å². The van der Waals surface area contributed by atoms with Gasteiger partial charge >= 0.3 is 0 Å². The molecule has 9 aromatic rings. The van der Waals surface area contributed by atoms with Gasteiger partial charge in [-0.15, -0.1) is 11.3 Å². The van der Waals surface area contributed by atoms with Gasteiger partial charge in [-0.25, -0.2) is 0 Å². The smallest absolute Gasteiger partial charge is 0.105 e. The second-order valence-corrected chi connectivity index (χ2v) is 14.9. The van der Waals surface area contributed by atoms with E-state index < -0.39 is 0 Å². The van der Waals surface area contributed by atoms with Gasteiger partial charge in [0.2, 0.25) is 0 Å². The molecule has 0 N–H and O–H groups in total. The van der Waals surface area contributed by atoms with E-state index in [9.17, 15) is 0 Å². The Hall–Kier alpha value is -6.34. The molecule has 0 spiro atoms. The first-order chi connectivity index (χ1) is 25.8. The molecule has 2 heterocycles. The average Bonchev–Trinajstić information content (AvgIpc) is 3.88. The Labute approximate surface area is 306 Å². The lowest BCUT2D eigenvalue weighted by atomic mass is 10.0. The van der Waals surface area contributed by atoms with Gasteiger partial charge in [0.15, 0.2) is 0 Å². The second kappa shape index (κ2) is 11.6. The fourth-order valence-electron chi connectivity index (χ4n) is 8.57. The molecule has 0 saturated carbocycles. The number of rotatable bonds is 5. The largest absolute Gasteiger partial charge is 0.306 e. The van der Waals surface area contributed by atoms with E-state index in [2.05, 4.69) is 179 Å². The van der Waals surface area contributed by atoms with Crippen molar-refractivity contribution in [1.29, 1.82) is 0 Å². The van der Waals surface area contributed by atoms with Crippen LogP contribution < -0.4 is 4.90 Å². The zero-order chi connectivity index (χ0) is 34.2. The van der Waals surface area contributed by atoms with E-state index in [1.54, 1.807) is 0 Å². The van der Waals surface area contributed by atoms with Crippen LogP contribution >= 0.6 is 11.3 Å². The van der Waals surface area contributed by atoms with Gasteiger partial charge in [-0.3, -0.25) is 0 Å². The van der Waals surface area contributed by atoms with Gasteiger partial charge in [-0.1, -0.05) is 109 Å². The van der Waals surface area contributed by atoms with E-state index >= 15 is 0 Å². The zero-order valence-corrected chi connectivity index (χ0v) is 29.3. The lowest BCUT2D eigenvalue weighted by molar-refractivity contribution is 0.979. The van der Waals surface area contributed by atoms with E-state index in [0.717, 1.165) is 36.2 Å². The molecule has 2 aliphatic rings. The topological polar surface area (TPSA) is 8.17 Å². The number of benzene rings is 6. The molecule has 11 rings (SSSR count). The van der Waals surface area contributed by atoms with Crippen molar-refractivity contribution in [2.75, 3.05) is 4.90 Å². The van der Waals surface area contributed by atoms with E-state index in [0.29, 0.717) is 0 Å². The molecule has 0 radical (unpaired) electrons. The maximum absolute atomic E-state index is 3.75. The Bertz CT molecular complexity index is 2940. The van der Waals surface area contributed by atoms with E-state index in [1.165, 1.54) is 81.2 Å². The minimum Gasteiger partial charge on any atom is -0.306 e. The van der Waals surface area contributed by atoms with Gasteiger partial charge in [0.25, 0.3) is 0 Å². The minimum atomic E-state index is 0.937. The van der Waals surface area contributed by atoms with Crippen molar-refractivity contribution in [3.63, 3.8) is 0 Å². The van der Waals surface area contributed by atoms with E-state index in [-0.39, 0.29) is 0 Å². The van der Waals surface area contributed by atoms with Gasteiger partial charge in [-0.2, -0.15) is 0 Å². The van der Waals surface area contributed by atoms with Crippen LogP contribution in [0.15, 0.2) is 158 Å². The van der Waals surface area contributed by atoms with Crippen LogP contribution in [0.25, 0.3) is 69.9 Å². The molecule has 0 aliphatic heterocycles. The normalized spacial score (nSPS) is 13.4. The number of thiophene rings is 1. The van der Waals surface area contributed by atoms with Crippen LogP contribution in [0.2, 0.25) is 0 Å². The average molecular weight is 681 g/mol. The van der Waals surface area contributed by atoms with Gasteiger partial charge in [0, 0.05) is 42.2 Å². The summed E-state index contributed by atoms with van der Waals surface area (Å²) >= 11 is 1.86. The Morgan fingerprint density at radius 3 is 2.35 bits per heavy atom. The zero-order valence-electron chi connectivity index (χ0n) is 28.4. The minimum absolute atomic E-state index is 0.937. The fourth-order valence-corrected chi connectivity index (χ4v) is 9.70. The Balaban J connectivity index is 1.22. The standard InChI is InChI=1S/C49H32N2S/c1-3-13-32(14-4-1)33-25-27-42-40(30-33)41-31-37(26-28-43(41)50(42)36-17-5-2-6-18-36)51(44-21-11-16-35-29-34-15-7-8-19-38(34)48(35)44)45-22-12-24-47-49(45)39-20-9-10-23-46(39)52-47/h1-5,7-17,19-25,27,30-31H,6,18,29H2. The summed E-state index contributed by atoms with van der Waals surface area (Å²) in [5, 5.41) is 4.95. The first-order valence-electron chi connectivity index (χ1n) is 18.0. The fraction of sp³-hybridized carbons (Fsp3) is 0.0612. The van der Waals surface area contributed by atoms with Crippen molar-refractivity contribution >= 4 is 76.1 Å². The molecule has 0 atom stereocenters. The van der Waals surface area contributed by atoms with Crippen LogP contribution in [0.4, 0.5) is 17.1 Å². The van der Waals surface area contributed by atoms with Crippen molar-refractivity contribution < 1.29 is 0 Å². The van der Waals surface area contributed by atoms with Crippen molar-refractivity contribution in [1.82, 2.24) is 4.57 Å². The third-order valence-corrected chi connectivity index (χ3v) is 12.0. The van der Waals surface area contributed by atoms with Gasteiger partial charge in [-0.05, 0) is 108 Å². The highest BCUT2D eigenvalue weighted by molar-refractivity contribution is 7.26. The lowest BCUT2D eigenvalue weighted by Gasteiger charge is -2.27. The Kier molecular flexibility index (Phi) is 6.56. The summed E-state index contributed by atoms with van der Waals surface area (Å²) in [6.45, 7) is 0. The predicted octanol–water partition coefficient (Wildman–Crippen LogP) is 13.7. The molecule has 3 heteroatoms. The van der Waals surface area contributed by atoms with Crippen LogP contribution in [0.3, 0.4) is 0 Å². The van der Waals surface area contributed by atoms with Gasteiger partial charge < -0.3 is 9.47 Å². The van der Waals surface area contributed by atoms with Crippen LogP contribution in [-0.4, -0.2) is 4.57 Å². The molecule has 0 bridgehead atoms. The summed E-state index contributed by atoms with van der Waals surface area (Å²) < 4.78 is 4.99. The highest BCUT2D eigenvalue weighted by Crippen LogP contribution is 2.50. The molecule has 0 fully saturated rings. The number of aromatic nitrogens is 1. The Morgan fingerprint density at radius 1 is 0.615 bits per heavy atom. The monoisotopic (exact) mass is 680 g/mol. The molecule has 2 aliphatic carbocycles. The molecular weight excluding hydrogens is 649 g/mol. The van der Waals surface area contributed by atoms with Crippen LogP contribution in [0.5, 0.6) is 0 Å². The molecule has 0 unspecified atom stereocenters. The number of nitrogens with zero attached hydrogens (tertiary/aromatic N) is 2. The van der Waals surface area contributed by atoms with Crippen molar-refractivity contribution in [3.05, 3.63) is 181 Å². The maximum Gasteiger partial charge on any atom is 0.105 e. The summed E-state index contributed by atoms with van der Waals surface area (Å²) in [6.07, 6.45) is 9.65. The number of allylic oxidation sites excluding steroid dienone is 4. The lowest BCUT2D eigenvalue weighted by Crippen LogP contribution is -2.11. The van der Waals surface area contributed by atoms with Gasteiger partial charge in [0.05, 0.1) is 22.6 Å². The first kappa shape index (κ1) is 29.4. The number of hydrogen-bond donors (Lipinski definition) is 0. The second-order valence-electron chi connectivity index (χ2n) is 13.8. The molecule has 52 heavy (non-hydrogen) atoms. The molecule has 0 saturated heterocycles. The summed E-state index contributed by atoms with van der Waals surface area (Å²) in [5.41, 5.74) is 14.6. The predicted molar refractivity (Wildman–Crippen MR) is 221 cm³/mol. The SMILES string of the molecule is c1c(N(c2cccc3c2-c2ccccc2C3)c2cccc3sc4ccccc4c23)cc2c3cc(-c4ccccc4)ccc3n(C3=CC=CCC3)c2c#1. The molecule has 2 aromatic heterocycles. The number of hydrogen-bond acceptors (Lipinski definition) is 2.